The van der Waals surface area contributed by atoms with E-state index >= 15 is 0 Å². The molecule has 15 heavy (non-hydrogen) atoms. The number of benzene rings is 1. The maximum Gasteiger partial charge on any atom is 0.170 e. The summed E-state index contributed by atoms with van der Waals surface area (Å²) in [6, 6.07) is 7.97. The molecule has 0 N–H and O–H groups in total. The molecule has 0 spiro atoms. The summed E-state index contributed by atoms with van der Waals surface area (Å²) < 4.78 is 5.68. The minimum absolute atomic E-state index is 0.0190. The van der Waals surface area contributed by atoms with Gasteiger partial charge < -0.3 is 4.74 Å². The predicted octanol–water partition coefficient (Wildman–Crippen LogP) is 2.70. The van der Waals surface area contributed by atoms with Gasteiger partial charge in [-0.15, -0.1) is 0 Å². The Kier molecular flexibility index (Phi) is 2.29. The molecule has 0 radical (unpaired) electrons. The molecule has 1 heterocycles. The molecule has 1 aromatic rings. The standard InChI is InChI=1S/C13H16O2/c1-9(14)12-8-13(2,3)10-6-4-5-7-11(10)15-12/h4-7,12H,8H2,1-3H3. The Balaban J connectivity index is 2.43. The van der Waals surface area contributed by atoms with E-state index in [9.17, 15) is 4.79 Å². The van der Waals surface area contributed by atoms with Crippen molar-refractivity contribution in [2.24, 2.45) is 0 Å². The number of ether oxygens (including phenoxy) is 1. The van der Waals surface area contributed by atoms with Crippen LogP contribution < -0.4 is 4.74 Å². The molecule has 0 saturated heterocycles. The fraction of sp³-hybridized carbons (Fsp3) is 0.462. The Labute approximate surface area is 90.3 Å². The zero-order valence-corrected chi connectivity index (χ0v) is 9.41. The normalized spacial score (nSPS) is 22.7. The van der Waals surface area contributed by atoms with E-state index in [0.29, 0.717) is 0 Å². The molecule has 2 nitrogen and oxygen atoms in total. The van der Waals surface area contributed by atoms with Gasteiger partial charge in [0.15, 0.2) is 11.9 Å². The Morgan fingerprint density at radius 2 is 2.07 bits per heavy atom. The van der Waals surface area contributed by atoms with Crippen LogP contribution >= 0.6 is 0 Å². The lowest BCUT2D eigenvalue weighted by Gasteiger charge is -2.36. The number of rotatable bonds is 1. The second kappa shape index (κ2) is 3.37. The molecule has 1 aliphatic heterocycles. The number of ketones is 1. The van der Waals surface area contributed by atoms with E-state index in [1.54, 1.807) is 6.92 Å². The van der Waals surface area contributed by atoms with Gasteiger partial charge in [0.25, 0.3) is 0 Å². The van der Waals surface area contributed by atoms with Crippen molar-refractivity contribution in [2.75, 3.05) is 0 Å². The van der Waals surface area contributed by atoms with Crippen LogP contribution in [0.15, 0.2) is 24.3 Å². The van der Waals surface area contributed by atoms with Gasteiger partial charge in [-0.1, -0.05) is 32.0 Å². The molecule has 0 saturated carbocycles. The molecular weight excluding hydrogens is 188 g/mol. The van der Waals surface area contributed by atoms with Crippen LogP contribution in [0.5, 0.6) is 5.75 Å². The predicted molar refractivity (Wildman–Crippen MR) is 59.2 cm³/mol. The number of carbonyl (C=O) groups is 1. The van der Waals surface area contributed by atoms with Crippen LogP contribution in [-0.2, 0) is 10.2 Å². The van der Waals surface area contributed by atoms with Gasteiger partial charge in [-0.2, -0.15) is 0 Å². The SMILES string of the molecule is CC(=O)C1CC(C)(C)c2ccccc2O1. The molecule has 2 rings (SSSR count). The van der Waals surface area contributed by atoms with Crippen molar-refractivity contribution >= 4 is 5.78 Å². The van der Waals surface area contributed by atoms with E-state index < -0.39 is 0 Å². The van der Waals surface area contributed by atoms with Gasteiger partial charge in [0.05, 0.1) is 0 Å². The van der Waals surface area contributed by atoms with E-state index in [1.165, 1.54) is 5.56 Å². The van der Waals surface area contributed by atoms with Crippen LogP contribution in [0.3, 0.4) is 0 Å². The van der Waals surface area contributed by atoms with Gasteiger partial charge in [-0.05, 0) is 24.0 Å². The first-order valence-corrected chi connectivity index (χ1v) is 5.27. The van der Waals surface area contributed by atoms with Crippen molar-refractivity contribution in [2.45, 2.75) is 38.7 Å². The summed E-state index contributed by atoms with van der Waals surface area (Å²) in [5.74, 6) is 0.964. The van der Waals surface area contributed by atoms with Crippen molar-refractivity contribution in [1.29, 1.82) is 0 Å². The van der Waals surface area contributed by atoms with Crippen molar-refractivity contribution < 1.29 is 9.53 Å². The lowest BCUT2D eigenvalue weighted by molar-refractivity contribution is -0.125. The van der Waals surface area contributed by atoms with Crippen LogP contribution in [0.2, 0.25) is 0 Å². The summed E-state index contributed by atoms with van der Waals surface area (Å²) in [7, 11) is 0. The molecule has 0 aromatic heterocycles. The molecular formula is C13H16O2. The minimum Gasteiger partial charge on any atom is -0.482 e. The Hall–Kier alpha value is -1.31. The highest BCUT2D eigenvalue weighted by atomic mass is 16.5. The molecule has 1 atom stereocenters. The zero-order chi connectivity index (χ0) is 11.1. The number of para-hydroxylation sites is 1. The summed E-state index contributed by atoms with van der Waals surface area (Å²) >= 11 is 0. The number of fused-ring (bicyclic) bond motifs is 1. The monoisotopic (exact) mass is 204 g/mol. The number of hydrogen-bond acceptors (Lipinski definition) is 2. The molecule has 0 bridgehead atoms. The highest BCUT2D eigenvalue weighted by Crippen LogP contribution is 2.40. The van der Waals surface area contributed by atoms with Crippen LogP contribution in [-0.4, -0.2) is 11.9 Å². The Morgan fingerprint density at radius 3 is 2.73 bits per heavy atom. The molecule has 1 aliphatic rings. The second-order valence-corrected chi connectivity index (χ2v) is 4.80. The van der Waals surface area contributed by atoms with E-state index in [2.05, 4.69) is 19.9 Å². The van der Waals surface area contributed by atoms with Gasteiger partial charge in [0.2, 0.25) is 0 Å². The van der Waals surface area contributed by atoms with Gasteiger partial charge in [-0.25, -0.2) is 0 Å². The summed E-state index contributed by atoms with van der Waals surface area (Å²) in [6.45, 7) is 5.91. The quantitative estimate of drug-likeness (QED) is 0.703. The summed E-state index contributed by atoms with van der Waals surface area (Å²) in [6.07, 6.45) is 0.481. The van der Waals surface area contributed by atoms with Gasteiger partial charge in [0.1, 0.15) is 5.75 Å². The largest absolute Gasteiger partial charge is 0.482 e. The van der Waals surface area contributed by atoms with Gasteiger partial charge in [0, 0.05) is 6.42 Å². The topological polar surface area (TPSA) is 26.3 Å². The van der Waals surface area contributed by atoms with Gasteiger partial charge in [-0.3, -0.25) is 4.79 Å². The molecule has 1 unspecified atom stereocenters. The average Bonchev–Trinajstić information content (AvgIpc) is 2.16. The van der Waals surface area contributed by atoms with E-state index in [4.69, 9.17) is 4.74 Å². The van der Waals surface area contributed by atoms with Crippen LogP contribution in [0.1, 0.15) is 32.8 Å². The fourth-order valence-electron chi connectivity index (χ4n) is 2.12. The molecule has 0 fully saturated rings. The highest BCUT2D eigenvalue weighted by Gasteiger charge is 2.35. The Morgan fingerprint density at radius 1 is 1.40 bits per heavy atom. The number of Topliss-reactive ketones (excluding diaryl/α,β-unsaturated/α-hetero) is 1. The third kappa shape index (κ3) is 1.76. The molecule has 0 aliphatic carbocycles. The van der Waals surface area contributed by atoms with E-state index in [1.807, 2.05) is 18.2 Å². The van der Waals surface area contributed by atoms with Crippen molar-refractivity contribution in [1.82, 2.24) is 0 Å². The first-order chi connectivity index (χ1) is 7.00. The molecule has 0 amide bonds. The minimum atomic E-state index is -0.282. The third-order valence-electron chi connectivity index (χ3n) is 3.03. The van der Waals surface area contributed by atoms with Gasteiger partial charge >= 0.3 is 0 Å². The van der Waals surface area contributed by atoms with E-state index in [0.717, 1.165) is 12.2 Å². The fourth-order valence-corrected chi connectivity index (χ4v) is 2.12. The smallest absolute Gasteiger partial charge is 0.170 e. The van der Waals surface area contributed by atoms with E-state index in [-0.39, 0.29) is 17.3 Å². The first-order valence-electron chi connectivity index (χ1n) is 5.27. The van der Waals surface area contributed by atoms with Crippen LogP contribution in [0, 0.1) is 0 Å². The van der Waals surface area contributed by atoms with Crippen LogP contribution in [0.4, 0.5) is 0 Å². The summed E-state index contributed by atoms with van der Waals surface area (Å²) in [5.41, 5.74) is 1.22. The highest BCUT2D eigenvalue weighted by molar-refractivity contribution is 5.81. The lowest BCUT2D eigenvalue weighted by Crippen LogP contribution is -2.38. The molecule has 2 heteroatoms. The van der Waals surface area contributed by atoms with Crippen molar-refractivity contribution in [3.8, 4) is 5.75 Å². The first kappa shape index (κ1) is 10.2. The van der Waals surface area contributed by atoms with Crippen LogP contribution in [0.25, 0.3) is 0 Å². The van der Waals surface area contributed by atoms with Crippen molar-refractivity contribution in [3.05, 3.63) is 29.8 Å². The third-order valence-corrected chi connectivity index (χ3v) is 3.03. The number of carbonyl (C=O) groups excluding carboxylic acids is 1. The summed E-state index contributed by atoms with van der Waals surface area (Å²) in [5, 5.41) is 0. The average molecular weight is 204 g/mol. The lowest BCUT2D eigenvalue weighted by atomic mass is 9.77. The number of hydrogen-bond donors (Lipinski definition) is 0. The summed E-state index contributed by atoms with van der Waals surface area (Å²) in [4.78, 5) is 11.4. The molecule has 1 aromatic carbocycles. The van der Waals surface area contributed by atoms with Crippen molar-refractivity contribution in [3.63, 3.8) is 0 Å². The second-order valence-electron chi connectivity index (χ2n) is 4.80. The Bertz CT molecular complexity index is 393. The zero-order valence-electron chi connectivity index (χ0n) is 9.41. The molecule has 80 valence electrons. The maximum atomic E-state index is 11.4. The maximum absolute atomic E-state index is 11.4.